The van der Waals surface area contributed by atoms with Crippen LogP contribution in [-0.2, 0) is 4.74 Å². The first-order valence-electron chi connectivity index (χ1n) is 9.77. The first-order chi connectivity index (χ1) is 13.6. The van der Waals surface area contributed by atoms with Crippen molar-refractivity contribution in [3.8, 4) is 5.75 Å². The van der Waals surface area contributed by atoms with Crippen LogP contribution in [0.5, 0.6) is 5.75 Å². The van der Waals surface area contributed by atoms with Crippen molar-refractivity contribution in [3.63, 3.8) is 0 Å². The van der Waals surface area contributed by atoms with E-state index in [1.165, 1.54) is 0 Å². The number of hydrogen-bond donors (Lipinski definition) is 3. The van der Waals surface area contributed by atoms with Crippen molar-refractivity contribution in [2.75, 3.05) is 36.6 Å². The van der Waals surface area contributed by atoms with Crippen LogP contribution in [-0.4, -0.2) is 53.1 Å². The molecule has 2 aromatic rings. The number of hydrazine groups is 1. The minimum Gasteiger partial charge on any atom is -0.488 e. The molecule has 28 heavy (non-hydrogen) atoms. The number of morpholine rings is 1. The van der Waals surface area contributed by atoms with E-state index in [9.17, 15) is 5.11 Å². The van der Waals surface area contributed by atoms with E-state index in [-0.39, 0.29) is 24.4 Å². The van der Waals surface area contributed by atoms with Gasteiger partial charge in [-0.3, -0.25) is 0 Å². The molecule has 0 amide bonds. The maximum atomic E-state index is 9.39. The molecular formula is C20H25N5O3. The first kappa shape index (κ1) is 17.7. The van der Waals surface area contributed by atoms with Crippen molar-refractivity contribution < 1.29 is 14.6 Å². The standard InChI is InChI=1S/C20H25N5O3/c1-20(4-5-20)28-13-2-3-16-15(8-13)19(24-23-16)17-9-18(22-12-21-17)25-6-7-27-14(10-25)11-26/h2-3,8-9,12,14,19,23-24,26H,4-7,10-11H2,1H3/t14-,19+/m0/s1. The third-order valence-electron chi connectivity index (χ3n) is 5.64. The largest absolute Gasteiger partial charge is 0.488 e. The zero-order chi connectivity index (χ0) is 19.1. The van der Waals surface area contributed by atoms with Crippen LogP contribution in [0.2, 0.25) is 0 Å². The van der Waals surface area contributed by atoms with Crippen LogP contribution in [0.25, 0.3) is 0 Å². The topological polar surface area (TPSA) is 91.8 Å². The quantitative estimate of drug-likeness (QED) is 0.718. The number of anilines is 2. The number of aliphatic hydroxyl groups excluding tert-OH is 1. The van der Waals surface area contributed by atoms with Gasteiger partial charge in [0.05, 0.1) is 36.7 Å². The highest BCUT2D eigenvalue weighted by Gasteiger charge is 2.40. The van der Waals surface area contributed by atoms with Gasteiger partial charge >= 0.3 is 0 Å². The van der Waals surface area contributed by atoms with Crippen molar-refractivity contribution in [2.24, 2.45) is 0 Å². The Hall–Kier alpha value is -2.42. The van der Waals surface area contributed by atoms with Gasteiger partial charge in [-0.1, -0.05) is 0 Å². The van der Waals surface area contributed by atoms with Gasteiger partial charge in [0.25, 0.3) is 0 Å². The summed E-state index contributed by atoms with van der Waals surface area (Å²) < 4.78 is 11.7. The summed E-state index contributed by atoms with van der Waals surface area (Å²) in [6, 6.07) is 8.06. The lowest BCUT2D eigenvalue weighted by atomic mass is 10.0. The second-order valence-corrected chi connectivity index (χ2v) is 7.93. The molecule has 3 aliphatic rings. The molecule has 1 aromatic carbocycles. The van der Waals surface area contributed by atoms with Gasteiger partial charge in [-0.15, -0.1) is 0 Å². The van der Waals surface area contributed by atoms with Crippen LogP contribution in [0, 0.1) is 0 Å². The van der Waals surface area contributed by atoms with Crippen molar-refractivity contribution >= 4 is 11.5 Å². The summed E-state index contributed by atoms with van der Waals surface area (Å²) >= 11 is 0. The Labute approximate surface area is 163 Å². The number of hydrogen-bond acceptors (Lipinski definition) is 8. The Morgan fingerprint density at radius 2 is 2.21 bits per heavy atom. The molecule has 3 N–H and O–H groups in total. The minimum absolute atomic E-state index is 0.00907. The van der Waals surface area contributed by atoms with Crippen LogP contribution in [0.3, 0.4) is 0 Å². The number of nitrogens with zero attached hydrogens (tertiary/aromatic N) is 3. The lowest BCUT2D eigenvalue weighted by molar-refractivity contribution is 0.00335. The molecule has 2 atom stereocenters. The van der Waals surface area contributed by atoms with E-state index in [2.05, 4.69) is 38.7 Å². The molecule has 2 fully saturated rings. The van der Waals surface area contributed by atoms with E-state index in [0.29, 0.717) is 13.2 Å². The second kappa shape index (κ2) is 6.88. The van der Waals surface area contributed by atoms with Gasteiger partial charge in [-0.2, -0.15) is 0 Å². The molecule has 0 spiro atoms. The summed E-state index contributed by atoms with van der Waals surface area (Å²) in [6.45, 7) is 4.10. The van der Waals surface area contributed by atoms with E-state index in [0.717, 1.165) is 47.9 Å². The Morgan fingerprint density at radius 3 is 3.04 bits per heavy atom. The molecule has 1 aliphatic carbocycles. The molecular weight excluding hydrogens is 358 g/mol. The molecule has 3 heterocycles. The fraction of sp³-hybridized carbons (Fsp3) is 0.500. The van der Waals surface area contributed by atoms with Gasteiger partial charge in [0.1, 0.15) is 23.5 Å². The predicted octanol–water partition coefficient (Wildman–Crippen LogP) is 1.62. The van der Waals surface area contributed by atoms with E-state index >= 15 is 0 Å². The summed E-state index contributed by atoms with van der Waals surface area (Å²) in [5.41, 5.74) is 9.58. The molecule has 2 aliphatic heterocycles. The lowest BCUT2D eigenvalue weighted by Gasteiger charge is -2.33. The third kappa shape index (κ3) is 3.39. The number of aromatic nitrogens is 2. The summed E-state index contributed by atoms with van der Waals surface area (Å²) in [4.78, 5) is 11.1. The van der Waals surface area contributed by atoms with Crippen molar-refractivity contribution in [1.82, 2.24) is 15.4 Å². The highest BCUT2D eigenvalue weighted by molar-refractivity contribution is 5.61. The van der Waals surface area contributed by atoms with Gasteiger partial charge < -0.3 is 24.9 Å². The third-order valence-corrected chi connectivity index (χ3v) is 5.64. The SMILES string of the molecule is CC1(Oc2ccc3c(c2)[C@H](c2cc(N4CCO[C@H](CO)C4)ncn2)NN3)CC1. The van der Waals surface area contributed by atoms with Gasteiger partial charge in [0, 0.05) is 24.7 Å². The summed E-state index contributed by atoms with van der Waals surface area (Å²) in [5, 5.41) is 9.39. The van der Waals surface area contributed by atoms with Gasteiger partial charge in [0.2, 0.25) is 0 Å². The number of fused-ring (bicyclic) bond motifs is 1. The highest BCUT2D eigenvalue weighted by atomic mass is 16.5. The normalized spacial score (nSPS) is 25.1. The zero-order valence-electron chi connectivity index (χ0n) is 15.9. The van der Waals surface area contributed by atoms with Crippen LogP contribution in [0.4, 0.5) is 11.5 Å². The summed E-state index contributed by atoms with van der Waals surface area (Å²) in [7, 11) is 0. The first-order valence-corrected chi connectivity index (χ1v) is 9.77. The Bertz CT molecular complexity index is 873. The average molecular weight is 383 g/mol. The average Bonchev–Trinajstić information content (AvgIpc) is 3.30. The van der Waals surface area contributed by atoms with Gasteiger partial charge in [-0.25, -0.2) is 15.4 Å². The number of rotatable bonds is 5. The molecule has 1 aromatic heterocycles. The monoisotopic (exact) mass is 383 g/mol. The Balaban J connectivity index is 1.40. The molecule has 8 heteroatoms. The van der Waals surface area contributed by atoms with E-state index < -0.39 is 0 Å². The Morgan fingerprint density at radius 1 is 1.32 bits per heavy atom. The summed E-state index contributed by atoms with van der Waals surface area (Å²) in [5.74, 6) is 1.74. The van der Waals surface area contributed by atoms with Gasteiger partial charge in [-0.05, 0) is 38.0 Å². The fourth-order valence-corrected chi connectivity index (χ4v) is 3.71. The number of aliphatic hydroxyl groups is 1. The number of ether oxygens (including phenoxy) is 2. The number of benzene rings is 1. The molecule has 0 radical (unpaired) electrons. The van der Waals surface area contributed by atoms with E-state index in [1.807, 2.05) is 18.2 Å². The predicted molar refractivity (Wildman–Crippen MR) is 104 cm³/mol. The minimum atomic E-state index is -0.178. The van der Waals surface area contributed by atoms with Crippen LogP contribution in [0.1, 0.15) is 37.1 Å². The van der Waals surface area contributed by atoms with Crippen LogP contribution < -0.4 is 20.5 Å². The molecule has 148 valence electrons. The van der Waals surface area contributed by atoms with Crippen molar-refractivity contribution in [3.05, 3.63) is 41.9 Å². The Kier molecular flexibility index (Phi) is 4.34. The second-order valence-electron chi connectivity index (χ2n) is 7.93. The summed E-state index contributed by atoms with van der Waals surface area (Å²) in [6.07, 6.45) is 3.63. The van der Waals surface area contributed by atoms with E-state index in [1.54, 1.807) is 6.33 Å². The zero-order valence-corrected chi connectivity index (χ0v) is 15.9. The maximum absolute atomic E-state index is 9.39. The molecule has 8 nitrogen and oxygen atoms in total. The van der Waals surface area contributed by atoms with Crippen molar-refractivity contribution in [1.29, 1.82) is 0 Å². The van der Waals surface area contributed by atoms with Crippen LogP contribution in [0.15, 0.2) is 30.6 Å². The molecule has 1 saturated heterocycles. The highest BCUT2D eigenvalue weighted by Crippen LogP contribution is 2.42. The smallest absolute Gasteiger partial charge is 0.132 e. The maximum Gasteiger partial charge on any atom is 0.132 e. The lowest BCUT2D eigenvalue weighted by Crippen LogP contribution is -2.44. The molecule has 0 unspecified atom stereocenters. The van der Waals surface area contributed by atoms with E-state index in [4.69, 9.17) is 9.47 Å². The fourth-order valence-electron chi connectivity index (χ4n) is 3.71. The van der Waals surface area contributed by atoms with Crippen molar-refractivity contribution in [2.45, 2.75) is 37.5 Å². The van der Waals surface area contributed by atoms with Gasteiger partial charge in [0.15, 0.2) is 0 Å². The molecule has 1 saturated carbocycles. The van der Waals surface area contributed by atoms with Crippen LogP contribution >= 0.6 is 0 Å². The number of nitrogens with one attached hydrogen (secondary N) is 2. The molecule has 0 bridgehead atoms. The molecule has 5 rings (SSSR count).